The number of nitrogens with one attached hydrogen (secondary N) is 1. The molecule has 2 heterocycles. The van der Waals surface area contributed by atoms with Crippen LogP contribution in [0.15, 0.2) is 34.9 Å². The summed E-state index contributed by atoms with van der Waals surface area (Å²) >= 11 is 0. The smallest absolute Gasteiger partial charge is 0.312 e. The van der Waals surface area contributed by atoms with Gasteiger partial charge < -0.3 is 20.2 Å². The van der Waals surface area contributed by atoms with E-state index in [1.807, 2.05) is 24.3 Å². The molecular weight excluding hydrogens is 320 g/mol. The van der Waals surface area contributed by atoms with Gasteiger partial charge in [0.15, 0.2) is 5.76 Å². The van der Waals surface area contributed by atoms with Gasteiger partial charge in [-0.3, -0.25) is 4.90 Å². The molecule has 0 saturated carbocycles. The number of piperidine rings is 1. The Morgan fingerprint density at radius 1 is 1.48 bits per heavy atom. The lowest BCUT2D eigenvalue weighted by molar-refractivity contribution is 0.127. The maximum Gasteiger partial charge on any atom is 0.312 e. The Morgan fingerprint density at radius 2 is 2.36 bits per heavy atom. The molecule has 1 aliphatic heterocycles. The molecule has 2 aromatic rings. The molecule has 1 aromatic carbocycles. The highest BCUT2D eigenvalue weighted by molar-refractivity contribution is 5.71. The number of amides is 2. The fourth-order valence-electron chi connectivity index (χ4n) is 3.18. The molecule has 0 radical (unpaired) electrons. The Kier molecular flexibility index (Phi) is 5.55. The molecule has 0 aliphatic carbocycles. The van der Waals surface area contributed by atoms with E-state index in [0.29, 0.717) is 19.0 Å². The first-order valence-electron chi connectivity index (χ1n) is 8.52. The van der Waals surface area contributed by atoms with Crippen molar-refractivity contribution in [3.63, 3.8) is 0 Å². The molecule has 3 rings (SSSR count). The lowest BCUT2D eigenvalue weighted by Gasteiger charge is -2.34. The van der Waals surface area contributed by atoms with Crippen LogP contribution >= 0.6 is 0 Å². The number of likely N-dealkylation sites (tertiary alicyclic amines) is 1. The van der Waals surface area contributed by atoms with E-state index in [-0.39, 0.29) is 6.04 Å². The van der Waals surface area contributed by atoms with Gasteiger partial charge in [-0.15, -0.1) is 0 Å². The van der Waals surface area contributed by atoms with Crippen LogP contribution in [0.1, 0.15) is 25.2 Å². The summed E-state index contributed by atoms with van der Waals surface area (Å²) in [6, 6.07) is 7.48. The van der Waals surface area contributed by atoms with Crippen molar-refractivity contribution in [1.29, 1.82) is 0 Å². The molecule has 25 heavy (non-hydrogen) atoms. The summed E-state index contributed by atoms with van der Waals surface area (Å²) in [6.45, 7) is 2.13. The van der Waals surface area contributed by atoms with Gasteiger partial charge in [0.1, 0.15) is 5.75 Å². The number of urea groups is 1. The second-order valence-corrected chi connectivity index (χ2v) is 6.22. The third-order valence-electron chi connectivity index (χ3n) is 4.51. The number of nitrogens with zero attached hydrogens (tertiary/aromatic N) is 2. The molecule has 2 amide bonds. The number of primary amides is 1. The molecule has 7 heteroatoms. The number of nitrogens with two attached hydrogens (primary N) is 1. The number of benzene rings is 1. The molecular formula is C18H24N4O3. The first-order valence-corrected chi connectivity index (χ1v) is 8.52. The highest BCUT2D eigenvalue weighted by Crippen LogP contribution is 2.26. The van der Waals surface area contributed by atoms with E-state index >= 15 is 0 Å². The van der Waals surface area contributed by atoms with Gasteiger partial charge in [-0.05, 0) is 31.5 Å². The summed E-state index contributed by atoms with van der Waals surface area (Å²) in [5, 5.41) is 2.71. The Hall–Kier alpha value is -2.54. The highest BCUT2D eigenvalue weighted by Gasteiger charge is 2.24. The highest BCUT2D eigenvalue weighted by atomic mass is 16.5. The van der Waals surface area contributed by atoms with Crippen LogP contribution in [-0.2, 0) is 6.54 Å². The van der Waals surface area contributed by atoms with Crippen LogP contribution in [0.5, 0.6) is 5.75 Å². The number of carbonyl (C=O) groups excluding carboxylic acids is 1. The van der Waals surface area contributed by atoms with Crippen LogP contribution in [0.4, 0.5) is 4.79 Å². The van der Waals surface area contributed by atoms with Gasteiger partial charge in [-0.25, -0.2) is 9.78 Å². The molecule has 7 nitrogen and oxygen atoms in total. The van der Waals surface area contributed by atoms with Crippen molar-refractivity contribution in [2.24, 2.45) is 5.73 Å². The number of carbonyl (C=O) groups is 1. The van der Waals surface area contributed by atoms with Crippen molar-refractivity contribution in [3.05, 3.63) is 36.4 Å². The Balaban J connectivity index is 1.67. The first kappa shape index (κ1) is 17.3. The van der Waals surface area contributed by atoms with Crippen LogP contribution in [0.3, 0.4) is 0 Å². The summed E-state index contributed by atoms with van der Waals surface area (Å²) < 4.78 is 11.2. The standard InChI is InChI=1S/C18H24N4O3/c1-24-15-7-4-5-13(9-15)16-11-20-17(25-16)12-22-8-3-2-6-14(22)10-21-18(19)23/h4-5,7,9,11,14H,2-3,6,8,10,12H2,1H3,(H3,19,21,23). The van der Waals surface area contributed by atoms with Crippen molar-refractivity contribution in [1.82, 2.24) is 15.2 Å². The van der Waals surface area contributed by atoms with Gasteiger partial charge in [0.2, 0.25) is 5.89 Å². The lowest BCUT2D eigenvalue weighted by atomic mass is 10.0. The third-order valence-corrected chi connectivity index (χ3v) is 4.51. The van der Waals surface area contributed by atoms with Gasteiger partial charge in [0, 0.05) is 18.2 Å². The van der Waals surface area contributed by atoms with Crippen molar-refractivity contribution in [2.75, 3.05) is 20.2 Å². The Bertz CT molecular complexity index is 716. The normalized spacial score (nSPS) is 18.0. The molecule has 1 atom stereocenters. The monoisotopic (exact) mass is 344 g/mol. The van der Waals surface area contributed by atoms with E-state index in [9.17, 15) is 4.79 Å². The molecule has 1 aromatic heterocycles. The maximum absolute atomic E-state index is 11.0. The zero-order chi connectivity index (χ0) is 17.6. The molecule has 1 fully saturated rings. The summed E-state index contributed by atoms with van der Waals surface area (Å²) in [4.78, 5) is 17.7. The number of aromatic nitrogens is 1. The fourth-order valence-corrected chi connectivity index (χ4v) is 3.18. The SMILES string of the molecule is COc1cccc(-c2cnc(CN3CCCCC3CNC(N)=O)o2)c1. The van der Waals surface area contributed by atoms with Crippen LogP contribution in [0, 0.1) is 0 Å². The summed E-state index contributed by atoms with van der Waals surface area (Å²) in [6.07, 6.45) is 5.06. The Labute approximate surface area is 147 Å². The van der Waals surface area contributed by atoms with Gasteiger partial charge in [0.05, 0.1) is 19.9 Å². The zero-order valence-corrected chi connectivity index (χ0v) is 14.4. The van der Waals surface area contributed by atoms with Crippen molar-refractivity contribution < 1.29 is 13.9 Å². The molecule has 1 saturated heterocycles. The number of rotatable bonds is 6. The van der Waals surface area contributed by atoms with Gasteiger partial charge in [-0.2, -0.15) is 0 Å². The van der Waals surface area contributed by atoms with Crippen LogP contribution in [0.25, 0.3) is 11.3 Å². The number of ether oxygens (including phenoxy) is 1. The van der Waals surface area contributed by atoms with Crippen molar-refractivity contribution in [2.45, 2.75) is 31.8 Å². The predicted molar refractivity (Wildman–Crippen MR) is 94.1 cm³/mol. The summed E-state index contributed by atoms with van der Waals surface area (Å²) in [5.41, 5.74) is 6.12. The number of hydrogen-bond acceptors (Lipinski definition) is 5. The molecule has 3 N–H and O–H groups in total. The zero-order valence-electron chi connectivity index (χ0n) is 14.4. The number of methoxy groups -OCH3 is 1. The molecule has 1 unspecified atom stereocenters. The minimum atomic E-state index is -0.484. The lowest BCUT2D eigenvalue weighted by Crippen LogP contribution is -2.47. The summed E-state index contributed by atoms with van der Waals surface area (Å²) in [7, 11) is 1.64. The van der Waals surface area contributed by atoms with Crippen LogP contribution < -0.4 is 15.8 Å². The van der Waals surface area contributed by atoms with Crippen LogP contribution in [0.2, 0.25) is 0 Å². The Morgan fingerprint density at radius 3 is 3.16 bits per heavy atom. The first-order chi connectivity index (χ1) is 12.2. The number of oxazole rings is 1. The van der Waals surface area contributed by atoms with Gasteiger partial charge >= 0.3 is 6.03 Å². The van der Waals surface area contributed by atoms with E-state index < -0.39 is 6.03 Å². The maximum atomic E-state index is 11.0. The fraction of sp³-hybridized carbons (Fsp3) is 0.444. The number of hydrogen-bond donors (Lipinski definition) is 2. The topological polar surface area (TPSA) is 93.6 Å². The van der Waals surface area contributed by atoms with E-state index in [1.54, 1.807) is 13.3 Å². The average molecular weight is 344 g/mol. The average Bonchev–Trinajstić information content (AvgIpc) is 3.09. The quantitative estimate of drug-likeness (QED) is 0.839. The van der Waals surface area contributed by atoms with E-state index in [0.717, 1.165) is 42.9 Å². The second kappa shape index (κ2) is 8.02. The molecule has 0 bridgehead atoms. The molecule has 0 spiro atoms. The second-order valence-electron chi connectivity index (χ2n) is 6.22. The minimum absolute atomic E-state index is 0.258. The van der Waals surface area contributed by atoms with Gasteiger partial charge in [-0.1, -0.05) is 18.6 Å². The minimum Gasteiger partial charge on any atom is -0.497 e. The van der Waals surface area contributed by atoms with E-state index in [4.69, 9.17) is 14.9 Å². The van der Waals surface area contributed by atoms with Crippen LogP contribution in [-0.4, -0.2) is 42.2 Å². The van der Waals surface area contributed by atoms with E-state index in [1.165, 1.54) is 0 Å². The molecule has 134 valence electrons. The third kappa shape index (κ3) is 4.51. The van der Waals surface area contributed by atoms with Gasteiger partial charge in [0.25, 0.3) is 0 Å². The predicted octanol–water partition coefficient (Wildman–Crippen LogP) is 2.37. The van der Waals surface area contributed by atoms with E-state index in [2.05, 4.69) is 15.2 Å². The molecule has 1 aliphatic rings. The van der Waals surface area contributed by atoms with Crippen molar-refractivity contribution in [3.8, 4) is 17.1 Å². The summed E-state index contributed by atoms with van der Waals surface area (Å²) in [5.74, 6) is 2.17. The largest absolute Gasteiger partial charge is 0.497 e. The van der Waals surface area contributed by atoms with Crippen molar-refractivity contribution >= 4 is 6.03 Å².